The van der Waals surface area contributed by atoms with Crippen molar-refractivity contribution in [3.63, 3.8) is 0 Å². The van der Waals surface area contributed by atoms with Crippen LogP contribution >= 0.6 is 24.0 Å². The second-order valence-electron chi connectivity index (χ2n) is 3.66. The Labute approximate surface area is 121 Å². The fraction of sp³-hybridized carbons (Fsp3) is 0.364. The largest absolute Gasteiger partial charge is 0.361 e. The number of rotatable bonds is 7. The third-order valence-corrected chi connectivity index (χ3v) is 3.13. The third kappa shape index (κ3) is 6.25. The third-order valence-electron chi connectivity index (χ3n) is 2.19. The van der Waals surface area contributed by atoms with Crippen LogP contribution in [0.4, 0.5) is 11.4 Å². The minimum Gasteiger partial charge on any atom is -0.361 e. The molecule has 1 rings (SSSR count). The van der Waals surface area contributed by atoms with Crippen molar-refractivity contribution in [2.45, 2.75) is 6.42 Å². The summed E-state index contributed by atoms with van der Waals surface area (Å²) in [5.41, 5.74) is 6.22. The number of non-ortho nitro benzene ring substituents is 1. The molecule has 0 aliphatic carbocycles. The maximum atomic E-state index is 10.6. The molecule has 104 valence electrons. The predicted molar refractivity (Wildman–Crippen MR) is 83.5 cm³/mol. The summed E-state index contributed by atoms with van der Waals surface area (Å²) in [6.45, 7) is 0.795. The summed E-state index contributed by atoms with van der Waals surface area (Å²) in [5, 5.41) is 14.1. The highest BCUT2D eigenvalue weighted by Gasteiger charge is 2.05. The van der Waals surface area contributed by atoms with Crippen LogP contribution < -0.4 is 16.2 Å². The van der Waals surface area contributed by atoms with Crippen LogP contribution in [0.15, 0.2) is 24.3 Å². The number of nitrogens with one attached hydrogen (secondary N) is 3. The van der Waals surface area contributed by atoms with Crippen molar-refractivity contribution in [3.05, 3.63) is 34.4 Å². The van der Waals surface area contributed by atoms with E-state index in [4.69, 9.17) is 12.2 Å². The minimum absolute atomic E-state index is 0.0330. The smallest absolute Gasteiger partial charge is 0.271 e. The van der Waals surface area contributed by atoms with Crippen molar-refractivity contribution in [3.8, 4) is 0 Å². The highest BCUT2D eigenvalue weighted by atomic mass is 32.2. The molecule has 0 aliphatic heterocycles. The minimum atomic E-state index is -0.440. The van der Waals surface area contributed by atoms with Crippen molar-refractivity contribution in [2.75, 3.05) is 24.0 Å². The van der Waals surface area contributed by atoms with Gasteiger partial charge in [-0.25, -0.2) is 0 Å². The van der Waals surface area contributed by atoms with Gasteiger partial charge in [-0.1, -0.05) is 6.07 Å². The van der Waals surface area contributed by atoms with Gasteiger partial charge in [-0.05, 0) is 36.7 Å². The summed E-state index contributed by atoms with van der Waals surface area (Å²) in [4.78, 5) is 10.2. The van der Waals surface area contributed by atoms with Crippen molar-refractivity contribution in [1.29, 1.82) is 0 Å². The molecule has 1 aromatic rings. The van der Waals surface area contributed by atoms with E-state index in [2.05, 4.69) is 22.4 Å². The molecular weight excluding hydrogens is 284 g/mol. The van der Waals surface area contributed by atoms with Gasteiger partial charge < -0.3 is 5.32 Å². The number of nitrogens with zero attached hydrogens (tertiary/aromatic N) is 1. The highest BCUT2D eigenvalue weighted by molar-refractivity contribution is 7.98. The van der Waals surface area contributed by atoms with E-state index in [0.717, 1.165) is 18.7 Å². The van der Waals surface area contributed by atoms with Crippen LogP contribution in [-0.2, 0) is 0 Å². The molecule has 8 heteroatoms. The van der Waals surface area contributed by atoms with Gasteiger partial charge in [0.05, 0.1) is 10.6 Å². The normalized spacial score (nSPS) is 9.74. The molecule has 6 nitrogen and oxygen atoms in total. The number of hydrogen-bond acceptors (Lipinski definition) is 5. The van der Waals surface area contributed by atoms with Gasteiger partial charge in [0.1, 0.15) is 0 Å². The lowest BCUT2D eigenvalue weighted by Gasteiger charge is -2.12. The van der Waals surface area contributed by atoms with E-state index in [-0.39, 0.29) is 5.69 Å². The molecule has 0 amide bonds. The van der Waals surface area contributed by atoms with E-state index in [1.54, 1.807) is 23.9 Å². The number of nitro benzene ring substituents is 1. The number of hydrogen-bond donors (Lipinski definition) is 3. The molecule has 0 aliphatic rings. The van der Waals surface area contributed by atoms with Gasteiger partial charge in [0.2, 0.25) is 0 Å². The van der Waals surface area contributed by atoms with Crippen molar-refractivity contribution >= 4 is 40.5 Å². The van der Waals surface area contributed by atoms with Crippen molar-refractivity contribution < 1.29 is 4.92 Å². The Hall–Kier alpha value is -1.54. The van der Waals surface area contributed by atoms with Gasteiger partial charge in [0.25, 0.3) is 5.69 Å². The van der Waals surface area contributed by atoms with Crippen LogP contribution in [0.5, 0.6) is 0 Å². The fourth-order valence-corrected chi connectivity index (χ4v) is 1.87. The molecule has 0 unspecified atom stereocenters. The summed E-state index contributed by atoms with van der Waals surface area (Å²) in [5.74, 6) is 1.08. The highest BCUT2D eigenvalue weighted by Crippen LogP contribution is 2.15. The standard InChI is InChI=1S/C11H16N4O2S2/c1-19-7-3-6-12-11(18)14-13-9-4-2-5-10(8-9)15(16)17/h2,4-5,8,13H,3,6-7H2,1H3,(H2,12,14,18). The van der Waals surface area contributed by atoms with Crippen LogP contribution in [0, 0.1) is 10.1 Å². The van der Waals surface area contributed by atoms with Crippen LogP contribution in [0.3, 0.4) is 0 Å². The average molecular weight is 300 g/mol. The molecule has 0 radical (unpaired) electrons. The number of thiocarbonyl (C=S) groups is 1. The van der Waals surface area contributed by atoms with Crippen molar-refractivity contribution in [2.24, 2.45) is 0 Å². The van der Waals surface area contributed by atoms with E-state index < -0.39 is 4.92 Å². The molecular formula is C11H16N4O2S2. The molecule has 0 heterocycles. The molecule has 0 fully saturated rings. The van der Waals surface area contributed by atoms with Gasteiger partial charge in [-0.15, -0.1) is 0 Å². The van der Waals surface area contributed by atoms with E-state index in [1.165, 1.54) is 12.1 Å². The summed E-state index contributed by atoms with van der Waals surface area (Å²) in [6.07, 6.45) is 3.08. The van der Waals surface area contributed by atoms with Crippen molar-refractivity contribution in [1.82, 2.24) is 10.7 Å². The summed E-state index contributed by atoms with van der Waals surface area (Å²) < 4.78 is 0. The molecule has 0 saturated carbocycles. The first-order chi connectivity index (χ1) is 9.13. The van der Waals surface area contributed by atoms with Gasteiger partial charge in [-0.3, -0.25) is 21.0 Å². The molecule has 1 aromatic carbocycles. The van der Waals surface area contributed by atoms with Gasteiger partial charge in [0, 0.05) is 18.7 Å². The monoisotopic (exact) mass is 300 g/mol. The lowest BCUT2D eigenvalue weighted by atomic mass is 10.3. The van der Waals surface area contributed by atoms with Crippen LogP contribution in [-0.4, -0.2) is 28.6 Å². The molecule has 0 spiro atoms. The fourth-order valence-electron chi connectivity index (χ4n) is 1.29. The number of hydrazine groups is 1. The first-order valence-electron chi connectivity index (χ1n) is 5.66. The first-order valence-corrected chi connectivity index (χ1v) is 7.47. The maximum Gasteiger partial charge on any atom is 0.271 e. The molecule has 0 aromatic heterocycles. The molecule has 0 bridgehead atoms. The van der Waals surface area contributed by atoms with E-state index >= 15 is 0 Å². The molecule has 0 saturated heterocycles. The Morgan fingerprint density at radius 1 is 1.53 bits per heavy atom. The second-order valence-corrected chi connectivity index (χ2v) is 5.05. The molecule has 3 N–H and O–H groups in total. The zero-order valence-electron chi connectivity index (χ0n) is 10.5. The quantitative estimate of drug-likeness (QED) is 0.308. The Bertz CT molecular complexity index is 442. The topological polar surface area (TPSA) is 79.2 Å². The zero-order chi connectivity index (χ0) is 14.1. The summed E-state index contributed by atoms with van der Waals surface area (Å²) in [6, 6.07) is 6.20. The maximum absolute atomic E-state index is 10.6. The lowest BCUT2D eigenvalue weighted by Crippen LogP contribution is -2.39. The predicted octanol–water partition coefficient (Wildman–Crippen LogP) is 2.14. The van der Waals surface area contributed by atoms with Gasteiger partial charge >= 0.3 is 0 Å². The van der Waals surface area contributed by atoms with Crippen LogP contribution in [0.1, 0.15) is 6.42 Å². The number of thioether (sulfide) groups is 1. The van der Waals surface area contributed by atoms with Crippen LogP contribution in [0.2, 0.25) is 0 Å². The number of benzene rings is 1. The van der Waals surface area contributed by atoms with E-state index in [0.29, 0.717) is 10.8 Å². The molecule has 19 heavy (non-hydrogen) atoms. The zero-order valence-corrected chi connectivity index (χ0v) is 12.1. The SMILES string of the molecule is CSCCCNC(=S)NNc1cccc([N+](=O)[O-])c1. The number of anilines is 1. The number of nitro groups is 1. The van der Waals surface area contributed by atoms with Gasteiger partial charge in [0.15, 0.2) is 5.11 Å². The molecule has 0 atom stereocenters. The van der Waals surface area contributed by atoms with E-state index in [9.17, 15) is 10.1 Å². The second kappa shape index (κ2) is 8.54. The lowest BCUT2D eigenvalue weighted by molar-refractivity contribution is -0.384. The van der Waals surface area contributed by atoms with E-state index in [1.807, 2.05) is 0 Å². The Morgan fingerprint density at radius 2 is 2.32 bits per heavy atom. The summed E-state index contributed by atoms with van der Waals surface area (Å²) in [7, 11) is 0. The van der Waals surface area contributed by atoms with Gasteiger partial charge in [-0.2, -0.15) is 11.8 Å². The van der Waals surface area contributed by atoms with Crippen LogP contribution in [0.25, 0.3) is 0 Å². The first kappa shape index (κ1) is 15.5. The summed E-state index contributed by atoms with van der Waals surface area (Å²) >= 11 is 6.85. The Kier molecular flexibility index (Phi) is 6.98. The average Bonchev–Trinajstić information content (AvgIpc) is 2.41. The Morgan fingerprint density at radius 3 is 3.00 bits per heavy atom. The Balaban J connectivity index is 2.33.